The van der Waals surface area contributed by atoms with E-state index in [0.717, 1.165) is 55.4 Å². The van der Waals surface area contributed by atoms with E-state index in [2.05, 4.69) is 33.5 Å². The van der Waals surface area contributed by atoms with E-state index in [0.29, 0.717) is 5.56 Å². The summed E-state index contributed by atoms with van der Waals surface area (Å²) in [7, 11) is 2.06. The molecule has 0 radical (unpaired) electrons. The quantitative estimate of drug-likeness (QED) is 0.663. The van der Waals surface area contributed by atoms with Gasteiger partial charge in [-0.05, 0) is 54.1 Å². The van der Waals surface area contributed by atoms with Gasteiger partial charge in [0, 0.05) is 51.2 Å². The molecule has 0 N–H and O–H groups in total. The average Bonchev–Trinajstić information content (AvgIpc) is 3.32. The van der Waals surface area contributed by atoms with Crippen molar-refractivity contribution < 1.29 is 13.9 Å². The summed E-state index contributed by atoms with van der Waals surface area (Å²) in [6.07, 6.45) is 0. The van der Waals surface area contributed by atoms with Gasteiger partial charge >= 0.3 is 0 Å². The first-order valence-corrected chi connectivity index (χ1v) is 10.3. The topological polar surface area (TPSA) is 37.7 Å². The van der Waals surface area contributed by atoms with Gasteiger partial charge in [0.05, 0.1) is 11.3 Å². The highest BCUT2D eigenvalue weighted by Crippen LogP contribution is 2.36. The molecule has 3 aromatic rings. The number of benzene rings is 2. The minimum absolute atomic E-state index is 0.0613. The third-order valence-corrected chi connectivity index (χ3v) is 6.11. The molecule has 1 saturated heterocycles. The molecule has 0 saturated carbocycles. The summed E-state index contributed by atoms with van der Waals surface area (Å²) in [6, 6.07) is 16.7. The number of carbonyl (C=O) groups excluding carboxylic acids is 1. The molecule has 0 aliphatic carbocycles. The van der Waals surface area contributed by atoms with Crippen molar-refractivity contribution >= 4 is 11.5 Å². The van der Waals surface area contributed by atoms with Gasteiger partial charge in [-0.15, -0.1) is 0 Å². The van der Waals surface area contributed by atoms with Gasteiger partial charge in [-0.3, -0.25) is 9.69 Å². The van der Waals surface area contributed by atoms with E-state index in [1.165, 1.54) is 17.8 Å². The minimum atomic E-state index is -0.218. The molecule has 5 nitrogen and oxygen atoms in total. The third kappa shape index (κ3) is 3.37. The molecule has 2 aromatic carbocycles. The van der Waals surface area contributed by atoms with Crippen molar-refractivity contribution in [1.29, 1.82) is 0 Å². The zero-order valence-corrected chi connectivity index (χ0v) is 17.0. The number of ether oxygens (including phenoxy) is 1. The lowest BCUT2D eigenvalue weighted by Gasteiger charge is -2.36. The van der Waals surface area contributed by atoms with Crippen LogP contribution in [0.2, 0.25) is 0 Å². The van der Waals surface area contributed by atoms with Crippen LogP contribution in [0.25, 0.3) is 11.3 Å². The predicted octanol–water partition coefficient (Wildman–Crippen LogP) is 3.73. The molecule has 30 heavy (non-hydrogen) atoms. The van der Waals surface area contributed by atoms with Crippen molar-refractivity contribution in [3.05, 3.63) is 71.7 Å². The van der Waals surface area contributed by atoms with Crippen molar-refractivity contribution in [2.75, 3.05) is 37.7 Å². The van der Waals surface area contributed by atoms with Gasteiger partial charge < -0.3 is 14.2 Å². The van der Waals surface area contributed by atoms with Gasteiger partial charge in [-0.2, -0.15) is 0 Å². The van der Waals surface area contributed by atoms with Crippen molar-refractivity contribution in [2.24, 2.45) is 7.05 Å². The highest BCUT2D eigenvalue weighted by molar-refractivity contribution is 6.04. The number of fused-ring (bicyclic) bond motifs is 1. The first-order valence-electron chi connectivity index (χ1n) is 10.3. The Labute approximate surface area is 175 Å². The summed E-state index contributed by atoms with van der Waals surface area (Å²) < 4.78 is 21.1. The molecule has 1 fully saturated rings. The van der Waals surface area contributed by atoms with Crippen LogP contribution in [-0.4, -0.2) is 48.0 Å². The second-order valence-electron chi connectivity index (χ2n) is 7.90. The lowest BCUT2D eigenvalue weighted by molar-refractivity contribution is 0.0961. The van der Waals surface area contributed by atoms with Gasteiger partial charge in [0.15, 0.2) is 12.4 Å². The number of ketones is 1. The SMILES string of the molecule is Cn1c(CN2CCN(c3cccc4c3OCC4=O)CC2)ccc1-c1ccc(F)cc1. The lowest BCUT2D eigenvalue weighted by Crippen LogP contribution is -2.46. The molecule has 2 aliphatic rings. The van der Waals surface area contributed by atoms with E-state index in [1.807, 2.05) is 30.3 Å². The maximum atomic E-state index is 13.2. The molecule has 3 heterocycles. The Morgan fingerprint density at radius 3 is 2.50 bits per heavy atom. The predicted molar refractivity (Wildman–Crippen MR) is 115 cm³/mol. The van der Waals surface area contributed by atoms with Crippen LogP contribution in [0.3, 0.4) is 0 Å². The van der Waals surface area contributed by atoms with E-state index >= 15 is 0 Å². The average molecular weight is 405 g/mol. The van der Waals surface area contributed by atoms with Crippen molar-refractivity contribution in [3.63, 3.8) is 0 Å². The number of carbonyl (C=O) groups is 1. The molecular weight excluding hydrogens is 381 g/mol. The van der Waals surface area contributed by atoms with Gasteiger partial charge in [0.1, 0.15) is 5.82 Å². The van der Waals surface area contributed by atoms with Crippen LogP contribution in [0.1, 0.15) is 16.1 Å². The molecule has 6 heteroatoms. The van der Waals surface area contributed by atoms with E-state index in [9.17, 15) is 9.18 Å². The molecule has 0 unspecified atom stereocenters. The first-order chi connectivity index (χ1) is 14.6. The van der Waals surface area contributed by atoms with Crippen LogP contribution >= 0.6 is 0 Å². The van der Waals surface area contributed by atoms with Crippen LogP contribution in [0.4, 0.5) is 10.1 Å². The molecule has 2 aliphatic heterocycles. The largest absolute Gasteiger partial charge is 0.482 e. The fourth-order valence-corrected chi connectivity index (χ4v) is 4.36. The number of hydrogen-bond acceptors (Lipinski definition) is 4. The molecule has 0 bridgehead atoms. The Morgan fingerprint density at radius 2 is 1.73 bits per heavy atom. The number of anilines is 1. The van der Waals surface area contributed by atoms with E-state index in [4.69, 9.17) is 4.74 Å². The minimum Gasteiger partial charge on any atom is -0.482 e. The molecule has 154 valence electrons. The summed E-state index contributed by atoms with van der Waals surface area (Å²) >= 11 is 0. The molecule has 0 amide bonds. The fraction of sp³-hybridized carbons (Fsp3) is 0.292. The molecule has 1 aromatic heterocycles. The van der Waals surface area contributed by atoms with Gasteiger partial charge in [-0.1, -0.05) is 6.07 Å². The molecule has 0 atom stereocenters. The molecule has 5 rings (SSSR count). The van der Waals surface area contributed by atoms with Crippen molar-refractivity contribution in [2.45, 2.75) is 6.54 Å². The fourth-order valence-electron chi connectivity index (χ4n) is 4.36. The van der Waals surface area contributed by atoms with Crippen LogP contribution in [0, 0.1) is 5.82 Å². The van der Waals surface area contributed by atoms with Crippen molar-refractivity contribution in [1.82, 2.24) is 9.47 Å². The Balaban J connectivity index is 1.25. The third-order valence-electron chi connectivity index (χ3n) is 6.11. The lowest BCUT2D eigenvalue weighted by atomic mass is 10.1. The summed E-state index contributed by atoms with van der Waals surface area (Å²) in [5.41, 5.74) is 5.06. The number of nitrogens with zero attached hydrogens (tertiary/aromatic N) is 3. The van der Waals surface area contributed by atoms with E-state index in [-0.39, 0.29) is 18.2 Å². The number of para-hydroxylation sites is 1. The normalized spacial score (nSPS) is 16.6. The monoisotopic (exact) mass is 405 g/mol. The van der Waals surface area contributed by atoms with Crippen molar-refractivity contribution in [3.8, 4) is 17.0 Å². The number of hydrogen-bond donors (Lipinski definition) is 0. The van der Waals surface area contributed by atoms with Crippen LogP contribution in [-0.2, 0) is 13.6 Å². The number of aromatic nitrogens is 1. The standard InChI is InChI=1S/C24H24FN3O2/c1-26-19(9-10-21(26)17-5-7-18(25)8-6-17)15-27-11-13-28(14-12-27)22-4-2-3-20-23(29)16-30-24(20)22/h2-10H,11-16H2,1H3. The highest BCUT2D eigenvalue weighted by atomic mass is 19.1. The second kappa shape index (κ2) is 7.61. The van der Waals surface area contributed by atoms with E-state index in [1.54, 1.807) is 0 Å². The smallest absolute Gasteiger partial charge is 0.204 e. The summed E-state index contributed by atoms with van der Waals surface area (Å²) in [4.78, 5) is 16.7. The highest BCUT2D eigenvalue weighted by Gasteiger charge is 2.27. The first kappa shape index (κ1) is 18.9. The number of Topliss-reactive ketones (excluding diaryl/α,β-unsaturated/α-hetero) is 1. The molecule has 0 spiro atoms. The number of rotatable bonds is 4. The number of halogens is 1. The summed E-state index contributed by atoms with van der Waals surface area (Å²) in [5, 5.41) is 0. The Hall–Kier alpha value is -3.12. The Bertz CT molecular complexity index is 1080. The zero-order chi connectivity index (χ0) is 20.7. The van der Waals surface area contributed by atoms with Crippen LogP contribution < -0.4 is 9.64 Å². The van der Waals surface area contributed by atoms with Crippen LogP contribution in [0.5, 0.6) is 5.75 Å². The van der Waals surface area contributed by atoms with Gasteiger partial charge in [-0.25, -0.2) is 4.39 Å². The summed E-state index contributed by atoms with van der Waals surface area (Å²) in [5.74, 6) is 0.582. The molecular formula is C24H24FN3O2. The number of piperazine rings is 1. The maximum Gasteiger partial charge on any atom is 0.204 e. The summed E-state index contributed by atoms with van der Waals surface area (Å²) in [6.45, 7) is 4.68. The van der Waals surface area contributed by atoms with Gasteiger partial charge in [0.25, 0.3) is 0 Å². The van der Waals surface area contributed by atoms with Crippen LogP contribution in [0.15, 0.2) is 54.6 Å². The van der Waals surface area contributed by atoms with Gasteiger partial charge in [0.2, 0.25) is 5.78 Å². The zero-order valence-electron chi connectivity index (χ0n) is 17.0. The maximum absolute atomic E-state index is 13.2. The second-order valence-corrected chi connectivity index (χ2v) is 7.90. The Kier molecular flexibility index (Phi) is 4.79. The van der Waals surface area contributed by atoms with E-state index < -0.39 is 0 Å². The Morgan fingerprint density at radius 1 is 0.967 bits per heavy atom.